The highest BCUT2D eigenvalue weighted by Crippen LogP contribution is 2.35. The number of phenolic OH excluding ortho intramolecular Hbond substituents is 1. The Hall–Kier alpha value is -3.91. The van der Waals surface area contributed by atoms with Crippen LogP contribution in [0.2, 0.25) is 5.02 Å². The van der Waals surface area contributed by atoms with Gasteiger partial charge in [0, 0.05) is 34.8 Å². The number of nitrogens with zero attached hydrogens (tertiary/aromatic N) is 1. The number of amides is 1. The van der Waals surface area contributed by atoms with Crippen molar-refractivity contribution in [2.24, 2.45) is 5.41 Å². The van der Waals surface area contributed by atoms with Crippen molar-refractivity contribution in [3.05, 3.63) is 92.4 Å². The Morgan fingerprint density at radius 1 is 1.08 bits per heavy atom. The van der Waals surface area contributed by atoms with Gasteiger partial charge in [-0.25, -0.2) is 4.79 Å². The topological polar surface area (TPSA) is 115 Å². The van der Waals surface area contributed by atoms with Crippen LogP contribution in [0.25, 0.3) is 5.69 Å². The molecule has 37 heavy (non-hydrogen) atoms. The number of hydrogen-bond donors (Lipinski definition) is 2. The summed E-state index contributed by atoms with van der Waals surface area (Å²) in [6.45, 7) is 3.91. The number of rotatable bonds is 6. The molecule has 0 spiro atoms. The Morgan fingerprint density at radius 3 is 2.35 bits per heavy atom. The summed E-state index contributed by atoms with van der Waals surface area (Å²) in [5.74, 6) is -1.61. The molecule has 1 heterocycles. The fourth-order valence-electron chi connectivity index (χ4n) is 4.58. The Bertz CT molecular complexity index is 1420. The zero-order valence-electron chi connectivity index (χ0n) is 20.7. The Balaban J connectivity index is 1.78. The van der Waals surface area contributed by atoms with Crippen molar-refractivity contribution in [2.45, 2.75) is 39.2 Å². The third-order valence-corrected chi connectivity index (χ3v) is 6.64. The number of ketones is 1. The molecule has 1 aromatic heterocycles. The van der Waals surface area contributed by atoms with Gasteiger partial charge in [0.05, 0.1) is 7.11 Å². The van der Waals surface area contributed by atoms with Gasteiger partial charge in [0.15, 0.2) is 5.78 Å². The highest BCUT2D eigenvalue weighted by molar-refractivity contribution is 6.30. The van der Waals surface area contributed by atoms with Gasteiger partial charge in [-0.3, -0.25) is 19.0 Å². The fourth-order valence-corrected chi connectivity index (χ4v) is 4.71. The van der Waals surface area contributed by atoms with Crippen LogP contribution in [0.4, 0.5) is 0 Å². The lowest BCUT2D eigenvalue weighted by Gasteiger charge is -2.32. The van der Waals surface area contributed by atoms with Crippen molar-refractivity contribution in [3.63, 3.8) is 0 Å². The second kappa shape index (κ2) is 10.2. The molecule has 0 fully saturated rings. The van der Waals surface area contributed by atoms with Gasteiger partial charge in [0.2, 0.25) is 0 Å². The van der Waals surface area contributed by atoms with Crippen LogP contribution >= 0.6 is 11.6 Å². The Morgan fingerprint density at radius 2 is 1.73 bits per heavy atom. The molecule has 0 unspecified atom stereocenters. The zero-order valence-corrected chi connectivity index (χ0v) is 21.5. The summed E-state index contributed by atoms with van der Waals surface area (Å²) < 4.78 is 6.24. The number of phenols is 1. The van der Waals surface area contributed by atoms with Crippen LogP contribution < -0.4 is 10.9 Å². The number of Topliss-reactive ketones (excluding diaryl/α,β-unsaturated/α-hetero) is 1. The van der Waals surface area contributed by atoms with Gasteiger partial charge in [0.1, 0.15) is 17.4 Å². The second-order valence-electron chi connectivity index (χ2n) is 9.90. The normalized spacial score (nSPS) is 15.0. The smallest absolute Gasteiger partial charge is 0.328 e. The van der Waals surface area contributed by atoms with E-state index in [2.05, 4.69) is 5.32 Å². The minimum atomic E-state index is -1.10. The van der Waals surface area contributed by atoms with Gasteiger partial charge >= 0.3 is 5.97 Å². The lowest BCUT2D eigenvalue weighted by molar-refractivity contribution is -0.142. The largest absolute Gasteiger partial charge is 0.508 e. The van der Waals surface area contributed by atoms with E-state index in [1.807, 2.05) is 13.8 Å². The number of methoxy groups -OCH3 is 1. The summed E-state index contributed by atoms with van der Waals surface area (Å²) in [7, 11) is 1.20. The molecule has 2 aromatic carbocycles. The van der Waals surface area contributed by atoms with Crippen LogP contribution in [-0.4, -0.2) is 40.5 Å². The molecule has 0 aliphatic heterocycles. The van der Waals surface area contributed by atoms with E-state index >= 15 is 0 Å². The first-order valence-corrected chi connectivity index (χ1v) is 12.1. The average Bonchev–Trinajstić information content (AvgIpc) is 2.84. The summed E-state index contributed by atoms with van der Waals surface area (Å²) in [5, 5.41) is 12.6. The Labute approximate surface area is 218 Å². The van der Waals surface area contributed by atoms with E-state index < -0.39 is 23.5 Å². The number of carbonyl (C=O) groups excluding carboxylic acids is 3. The van der Waals surface area contributed by atoms with Crippen molar-refractivity contribution in [3.8, 4) is 11.4 Å². The number of fused-ring (bicyclic) bond motifs is 1. The zero-order chi connectivity index (χ0) is 26.9. The maximum absolute atomic E-state index is 13.7. The summed E-state index contributed by atoms with van der Waals surface area (Å²) in [5.41, 5.74) is 0.716. The minimum absolute atomic E-state index is 0.0621. The number of pyridine rings is 1. The van der Waals surface area contributed by atoms with Crippen LogP contribution in [0.5, 0.6) is 5.75 Å². The SMILES string of the molecule is COC(=O)[C@H](Cc1ccc(O)cc1)NC(=O)c1cc2c(n(-c3ccc(Cl)cc3)c1=O)CC(C)(C)CC2=O. The molecular formula is C28H27ClN2O6. The maximum atomic E-state index is 13.7. The van der Waals surface area contributed by atoms with Crippen molar-refractivity contribution in [2.75, 3.05) is 7.11 Å². The number of hydrogen-bond acceptors (Lipinski definition) is 6. The summed E-state index contributed by atoms with van der Waals surface area (Å²) >= 11 is 6.05. The Kier molecular flexibility index (Phi) is 7.23. The minimum Gasteiger partial charge on any atom is -0.508 e. The van der Waals surface area contributed by atoms with Gasteiger partial charge in [-0.1, -0.05) is 37.6 Å². The quantitative estimate of drug-likeness (QED) is 0.475. The first-order chi connectivity index (χ1) is 17.5. The fraction of sp³-hybridized carbons (Fsp3) is 0.286. The molecule has 1 atom stereocenters. The number of aromatic nitrogens is 1. The third kappa shape index (κ3) is 5.59. The molecule has 0 saturated carbocycles. The van der Waals surface area contributed by atoms with Gasteiger partial charge in [0.25, 0.3) is 11.5 Å². The molecule has 1 aliphatic rings. The summed E-state index contributed by atoms with van der Waals surface area (Å²) in [6, 6.07) is 12.9. The molecule has 8 nitrogen and oxygen atoms in total. The number of aromatic hydroxyl groups is 1. The van der Waals surface area contributed by atoms with Crippen molar-refractivity contribution >= 4 is 29.3 Å². The lowest BCUT2D eigenvalue weighted by Crippen LogP contribution is -2.46. The van der Waals surface area contributed by atoms with Crippen molar-refractivity contribution in [1.29, 1.82) is 0 Å². The first-order valence-electron chi connectivity index (χ1n) is 11.7. The van der Waals surface area contributed by atoms with Gasteiger partial charge < -0.3 is 15.2 Å². The summed E-state index contributed by atoms with van der Waals surface area (Å²) in [4.78, 5) is 52.7. The molecular weight excluding hydrogens is 496 g/mol. The highest BCUT2D eigenvalue weighted by Gasteiger charge is 2.35. The highest BCUT2D eigenvalue weighted by atomic mass is 35.5. The monoisotopic (exact) mass is 522 g/mol. The van der Waals surface area contributed by atoms with E-state index in [4.69, 9.17) is 16.3 Å². The van der Waals surface area contributed by atoms with Crippen molar-refractivity contribution in [1.82, 2.24) is 9.88 Å². The van der Waals surface area contributed by atoms with Crippen LogP contribution in [0, 0.1) is 5.41 Å². The lowest BCUT2D eigenvalue weighted by atomic mass is 9.75. The molecule has 2 N–H and O–H groups in total. The predicted octanol–water partition coefficient (Wildman–Crippen LogP) is 3.87. The number of nitrogens with one attached hydrogen (secondary N) is 1. The third-order valence-electron chi connectivity index (χ3n) is 6.39. The van der Waals surface area contributed by atoms with Gasteiger partial charge in [-0.05, 0) is 59.9 Å². The molecule has 192 valence electrons. The molecule has 3 aromatic rings. The van der Waals surface area contributed by atoms with E-state index in [9.17, 15) is 24.3 Å². The maximum Gasteiger partial charge on any atom is 0.328 e. The van der Waals surface area contributed by atoms with Gasteiger partial charge in [-0.2, -0.15) is 0 Å². The molecule has 1 aliphatic carbocycles. The number of halogens is 1. The molecule has 0 radical (unpaired) electrons. The average molecular weight is 523 g/mol. The summed E-state index contributed by atoms with van der Waals surface area (Å²) in [6.07, 6.45) is 0.799. The predicted molar refractivity (Wildman–Crippen MR) is 139 cm³/mol. The number of benzene rings is 2. The number of esters is 1. The molecule has 4 rings (SSSR count). The molecule has 1 amide bonds. The molecule has 9 heteroatoms. The van der Waals surface area contributed by atoms with E-state index in [0.29, 0.717) is 34.0 Å². The number of ether oxygens (including phenoxy) is 1. The number of carbonyl (C=O) groups is 3. The van der Waals surface area contributed by atoms with E-state index in [1.165, 1.54) is 29.9 Å². The first kappa shape index (κ1) is 26.2. The van der Waals surface area contributed by atoms with Crippen LogP contribution in [-0.2, 0) is 22.4 Å². The van der Waals surface area contributed by atoms with E-state index in [1.54, 1.807) is 36.4 Å². The van der Waals surface area contributed by atoms with Crippen LogP contribution in [0.15, 0.2) is 59.4 Å². The van der Waals surface area contributed by atoms with E-state index in [-0.39, 0.29) is 35.4 Å². The molecule has 0 saturated heterocycles. The molecule has 0 bridgehead atoms. The van der Waals surface area contributed by atoms with Crippen LogP contribution in [0.3, 0.4) is 0 Å². The van der Waals surface area contributed by atoms with E-state index in [0.717, 1.165) is 0 Å². The second-order valence-corrected chi connectivity index (χ2v) is 10.3. The van der Waals surface area contributed by atoms with Crippen molar-refractivity contribution < 1.29 is 24.2 Å². The van der Waals surface area contributed by atoms with Crippen LogP contribution in [0.1, 0.15) is 52.2 Å². The van der Waals surface area contributed by atoms with Gasteiger partial charge in [-0.15, -0.1) is 0 Å². The standard InChI is InChI=1S/C28H27ClN2O6/c1-28(2)14-23-20(24(33)15-28)13-21(26(35)31(23)18-8-6-17(29)7-9-18)25(34)30-22(27(36)37-3)12-16-4-10-19(32)11-5-16/h4-11,13,22,32H,12,14-15H2,1-3H3,(H,30,34)/t22-/m0/s1.